The number of aromatic nitrogens is 1. The number of nitrogen functional groups attached to an aromatic ring is 1. The molecule has 3 rings (SSSR count). The van der Waals surface area contributed by atoms with Crippen molar-refractivity contribution in [2.75, 3.05) is 17.2 Å². The van der Waals surface area contributed by atoms with Gasteiger partial charge in [0.2, 0.25) is 0 Å². The van der Waals surface area contributed by atoms with Gasteiger partial charge in [-0.15, -0.1) is 0 Å². The molecule has 0 aliphatic carbocycles. The molecule has 0 saturated heterocycles. The van der Waals surface area contributed by atoms with Gasteiger partial charge in [-0.05, 0) is 35.7 Å². The van der Waals surface area contributed by atoms with E-state index in [-0.39, 0.29) is 0 Å². The average Bonchev–Trinajstić information content (AvgIpc) is 2.73. The zero-order valence-corrected chi connectivity index (χ0v) is 9.63. The number of fused-ring (bicyclic) bond motifs is 1. The third kappa shape index (κ3) is 1.96. The molecular formula is C14H15N3. The van der Waals surface area contributed by atoms with E-state index in [9.17, 15) is 0 Å². The van der Waals surface area contributed by atoms with Crippen molar-refractivity contribution in [2.45, 2.75) is 13.0 Å². The van der Waals surface area contributed by atoms with Gasteiger partial charge < -0.3 is 10.6 Å². The van der Waals surface area contributed by atoms with E-state index in [4.69, 9.17) is 5.73 Å². The summed E-state index contributed by atoms with van der Waals surface area (Å²) in [6, 6.07) is 12.6. The number of para-hydroxylation sites is 1. The lowest BCUT2D eigenvalue weighted by Crippen LogP contribution is -2.19. The van der Waals surface area contributed by atoms with Crippen LogP contribution in [0.3, 0.4) is 0 Å². The zero-order chi connectivity index (χ0) is 11.7. The van der Waals surface area contributed by atoms with E-state index >= 15 is 0 Å². The van der Waals surface area contributed by atoms with Gasteiger partial charge in [0.1, 0.15) is 5.82 Å². The van der Waals surface area contributed by atoms with E-state index < -0.39 is 0 Å². The second-order valence-corrected chi connectivity index (χ2v) is 4.39. The second-order valence-electron chi connectivity index (χ2n) is 4.39. The van der Waals surface area contributed by atoms with Crippen LogP contribution >= 0.6 is 0 Å². The van der Waals surface area contributed by atoms with Gasteiger partial charge >= 0.3 is 0 Å². The van der Waals surface area contributed by atoms with Crippen molar-refractivity contribution in [3.05, 3.63) is 53.7 Å². The van der Waals surface area contributed by atoms with Crippen molar-refractivity contribution < 1.29 is 0 Å². The van der Waals surface area contributed by atoms with Gasteiger partial charge in [-0.2, -0.15) is 0 Å². The molecule has 1 aromatic carbocycles. The van der Waals surface area contributed by atoms with E-state index in [0.29, 0.717) is 5.82 Å². The number of hydrogen-bond acceptors (Lipinski definition) is 3. The van der Waals surface area contributed by atoms with E-state index in [0.717, 1.165) is 19.5 Å². The molecule has 3 nitrogen and oxygen atoms in total. The predicted octanol–water partition coefficient (Wildman–Crippen LogP) is 2.23. The summed E-state index contributed by atoms with van der Waals surface area (Å²) in [6.45, 7) is 1.99. The van der Waals surface area contributed by atoms with E-state index in [2.05, 4.69) is 34.1 Å². The Kier molecular flexibility index (Phi) is 2.44. The lowest BCUT2D eigenvalue weighted by atomic mass is 10.2. The fraction of sp³-hybridized carbons (Fsp3) is 0.214. The van der Waals surface area contributed by atoms with Gasteiger partial charge in [-0.25, -0.2) is 4.98 Å². The fourth-order valence-corrected chi connectivity index (χ4v) is 2.38. The molecule has 17 heavy (non-hydrogen) atoms. The Morgan fingerprint density at radius 1 is 1.24 bits per heavy atom. The summed E-state index contributed by atoms with van der Waals surface area (Å²) in [4.78, 5) is 6.41. The minimum Gasteiger partial charge on any atom is -0.384 e. The average molecular weight is 225 g/mol. The summed E-state index contributed by atoms with van der Waals surface area (Å²) < 4.78 is 0. The SMILES string of the molecule is Nc1cc(CN2CCc3ccccc32)ccn1. The van der Waals surface area contributed by atoms with Crippen LogP contribution in [-0.2, 0) is 13.0 Å². The van der Waals surface area contributed by atoms with Crippen molar-refractivity contribution in [1.82, 2.24) is 4.98 Å². The Hall–Kier alpha value is -2.03. The Labute approximate surface area is 101 Å². The maximum atomic E-state index is 5.70. The lowest BCUT2D eigenvalue weighted by Gasteiger charge is -2.19. The number of nitrogens with two attached hydrogens (primary N) is 1. The lowest BCUT2D eigenvalue weighted by molar-refractivity contribution is 0.835. The Bertz CT molecular complexity index is 536. The summed E-state index contributed by atoms with van der Waals surface area (Å²) in [5.74, 6) is 0.593. The third-order valence-electron chi connectivity index (χ3n) is 3.20. The maximum absolute atomic E-state index is 5.70. The fourth-order valence-electron chi connectivity index (χ4n) is 2.38. The molecule has 0 spiro atoms. The number of hydrogen-bond donors (Lipinski definition) is 1. The standard InChI is InChI=1S/C14H15N3/c15-14-9-11(5-7-16-14)10-17-8-6-12-3-1-2-4-13(12)17/h1-5,7,9H,6,8,10H2,(H2,15,16). The minimum absolute atomic E-state index is 0.593. The molecule has 0 radical (unpaired) electrons. The maximum Gasteiger partial charge on any atom is 0.123 e. The molecule has 1 aliphatic rings. The van der Waals surface area contributed by atoms with Crippen LogP contribution in [0.5, 0.6) is 0 Å². The third-order valence-corrected chi connectivity index (χ3v) is 3.20. The molecule has 2 heterocycles. The van der Waals surface area contributed by atoms with Gasteiger partial charge in [0.15, 0.2) is 0 Å². The topological polar surface area (TPSA) is 42.1 Å². The number of nitrogens with zero attached hydrogens (tertiary/aromatic N) is 2. The van der Waals surface area contributed by atoms with Gasteiger partial charge in [0.05, 0.1) is 0 Å². The number of benzene rings is 1. The molecule has 1 aliphatic heterocycles. The first-order chi connectivity index (χ1) is 8.33. The van der Waals surface area contributed by atoms with Crippen LogP contribution in [0.25, 0.3) is 0 Å². The van der Waals surface area contributed by atoms with Crippen LogP contribution in [0.1, 0.15) is 11.1 Å². The first-order valence-electron chi connectivity index (χ1n) is 5.86. The van der Waals surface area contributed by atoms with Gasteiger partial charge in [-0.1, -0.05) is 18.2 Å². The number of rotatable bonds is 2. The molecule has 86 valence electrons. The number of anilines is 2. The van der Waals surface area contributed by atoms with Crippen molar-refractivity contribution in [3.8, 4) is 0 Å². The minimum atomic E-state index is 0.593. The molecule has 2 N–H and O–H groups in total. The van der Waals surface area contributed by atoms with Crippen LogP contribution in [0.2, 0.25) is 0 Å². The normalized spacial score (nSPS) is 13.8. The molecule has 1 aromatic heterocycles. The summed E-state index contributed by atoms with van der Waals surface area (Å²) in [5, 5.41) is 0. The molecular weight excluding hydrogens is 210 g/mol. The summed E-state index contributed by atoms with van der Waals surface area (Å²) in [5.41, 5.74) is 9.70. The summed E-state index contributed by atoms with van der Waals surface area (Å²) in [7, 11) is 0. The molecule has 0 atom stereocenters. The Morgan fingerprint density at radius 2 is 2.12 bits per heavy atom. The van der Waals surface area contributed by atoms with E-state index in [1.165, 1.54) is 16.8 Å². The quantitative estimate of drug-likeness (QED) is 0.852. The highest BCUT2D eigenvalue weighted by Gasteiger charge is 2.17. The molecule has 0 unspecified atom stereocenters. The summed E-state index contributed by atoms with van der Waals surface area (Å²) >= 11 is 0. The molecule has 2 aromatic rings. The predicted molar refractivity (Wildman–Crippen MR) is 69.8 cm³/mol. The van der Waals surface area contributed by atoms with Crippen LogP contribution < -0.4 is 10.6 Å². The van der Waals surface area contributed by atoms with Crippen LogP contribution in [0.15, 0.2) is 42.6 Å². The smallest absolute Gasteiger partial charge is 0.123 e. The van der Waals surface area contributed by atoms with Crippen LogP contribution in [0.4, 0.5) is 11.5 Å². The highest BCUT2D eigenvalue weighted by molar-refractivity contribution is 5.58. The van der Waals surface area contributed by atoms with Crippen LogP contribution in [-0.4, -0.2) is 11.5 Å². The molecule has 0 amide bonds. The van der Waals surface area contributed by atoms with Gasteiger partial charge in [-0.3, -0.25) is 0 Å². The largest absolute Gasteiger partial charge is 0.384 e. The molecule has 0 saturated carbocycles. The highest BCUT2D eigenvalue weighted by Crippen LogP contribution is 2.28. The van der Waals surface area contributed by atoms with Crippen molar-refractivity contribution in [3.63, 3.8) is 0 Å². The molecule has 0 fully saturated rings. The Balaban J connectivity index is 1.84. The van der Waals surface area contributed by atoms with E-state index in [1.807, 2.05) is 12.1 Å². The van der Waals surface area contributed by atoms with Crippen molar-refractivity contribution in [1.29, 1.82) is 0 Å². The molecule has 0 bridgehead atoms. The van der Waals surface area contributed by atoms with Gasteiger partial charge in [0.25, 0.3) is 0 Å². The van der Waals surface area contributed by atoms with Crippen LogP contribution in [0, 0.1) is 0 Å². The number of pyridine rings is 1. The zero-order valence-electron chi connectivity index (χ0n) is 9.63. The first-order valence-corrected chi connectivity index (χ1v) is 5.86. The first kappa shape index (κ1) is 10.1. The monoisotopic (exact) mass is 225 g/mol. The van der Waals surface area contributed by atoms with Crippen molar-refractivity contribution >= 4 is 11.5 Å². The Morgan fingerprint density at radius 3 is 3.00 bits per heavy atom. The van der Waals surface area contributed by atoms with Gasteiger partial charge in [0, 0.05) is 25.0 Å². The second kappa shape index (κ2) is 4.09. The molecule has 3 heteroatoms. The highest BCUT2D eigenvalue weighted by atomic mass is 15.1. The van der Waals surface area contributed by atoms with E-state index in [1.54, 1.807) is 6.20 Å². The van der Waals surface area contributed by atoms with Crippen molar-refractivity contribution in [2.24, 2.45) is 0 Å². The summed E-state index contributed by atoms with van der Waals surface area (Å²) in [6.07, 6.45) is 2.91.